The van der Waals surface area contributed by atoms with Gasteiger partial charge < -0.3 is 0 Å². The first-order valence-electron chi connectivity index (χ1n) is 5.52. The lowest BCUT2D eigenvalue weighted by Crippen LogP contribution is -2.39. The van der Waals surface area contributed by atoms with Crippen molar-refractivity contribution >= 4 is 23.2 Å². The summed E-state index contributed by atoms with van der Waals surface area (Å²) in [6, 6.07) is 16.4. The van der Waals surface area contributed by atoms with Crippen LogP contribution in [-0.2, 0) is 0 Å². The molecular formula is C14H13ClN2O. The van der Waals surface area contributed by atoms with Crippen LogP contribution < -0.4 is 10.4 Å². The van der Waals surface area contributed by atoms with Crippen LogP contribution in [0.1, 0.15) is 10.4 Å². The van der Waals surface area contributed by atoms with Crippen molar-refractivity contribution in [3.05, 3.63) is 65.2 Å². The molecule has 3 nitrogen and oxygen atoms in total. The predicted molar refractivity (Wildman–Crippen MR) is 73.8 cm³/mol. The zero-order chi connectivity index (χ0) is 13.0. The van der Waals surface area contributed by atoms with Crippen molar-refractivity contribution in [1.82, 2.24) is 5.43 Å². The van der Waals surface area contributed by atoms with Crippen molar-refractivity contribution in [3.8, 4) is 0 Å². The van der Waals surface area contributed by atoms with Gasteiger partial charge in [0.05, 0.1) is 5.69 Å². The summed E-state index contributed by atoms with van der Waals surface area (Å²) in [7, 11) is 1.79. The van der Waals surface area contributed by atoms with E-state index in [1.807, 2.05) is 30.3 Å². The second-order valence-corrected chi connectivity index (χ2v) is 4.28. The Morgan fingerprint density at radius 2 is 1.67 bits per heavy atom. The van der Waals surface area contributed by atoms with Crippen molar-refractivity contribution < 1.29 is 4.79 Å². The number of anilines is 1. The third-order valence-electron chi connectivity index (χ3n) is 2.52. The number of nitrogens with zero attached hydrogens (tertiary/aromatic N) is 1. The largest absolute Gasteiger partial charge is 0.288 e. The van der Waals surface area contributed by atoms with Gasteiger partial charge in [-0.1, -0.05) is 29.8 Å². The molecule has 0 radical (unpaired) electrons. The van der Waals surface area contributed by atoms with Gasteiger partial charge in [0.15, 0.2) is 0 Å². The SMILES string of the molecule is CN(NC(=O)c1ccc(Cl)cc1)c1ccccc1. The van der Waals surface area contributed by atoms with Crippen LogP contribution in [0.3, 0.4) is 0 Å². The van der Waals surface area contributed by atoms with E-state index in [0.717, 1.165) is 5.69 Å². The standard InChI is InChI=1S/C14H13ClN2O/c1-17(13-5-3-2-4-6-13)16-14(18)11-7-9-12(15)10-8-11/h2-10H,1H3,(H,16,18). The molecule has 1 N–H and O–H groups in total. The van der Waals surface area contributed by atoms with Crippen molar-refractivity contribution in [2.75, 3.05) is 12.1 Å². The first kappa shape index (κ1) is 12.5. The van der Waals surface area contributed by atoms with Gasteiger partial charge in [-0.15, -0.1) is 0 Å². The molecule has 0 aliphatic carbocycles. The Hall–Kier alpha value is -2.00. The highest BCUT2D eigenvalue weighted by Crippen LogP contribution is 2.11. The minimum absolute atomic E-state index is 0.169. The molecule has 0 saturated heterocycles. The molecule has 2 aromatic carbocycles. The molecule has 0 aliphatic rings. The number of hydrogen-bond acceptors (Lipinski definition) is 2. The van der Waals surface area contributed by atoms with Crippen molar-refractivity contribution in [2.24, 2.45) is 0 Å². The van der Waals surface area contributed by atoms with Gasteiger partial charge in [0.25, 0.3) is 5.91 Å². The van der Waals surface area contributed by atoms with Gasteiger partial charge in [-0.25, -0.2) is 0 Å². The number of halogens is 1. The third-order valence-corrected chi connectivity index (χ3v) is 2.77. The molecule has 92 valence electrons. The molecule has 18 heavy (non-hydrogen) atoms. The lowest BCUT2D eigenvalue weighted by atomic mass is 10.2. The fourth-order valence-electron chi connectivity index (χ4n) is 1.53. The molecule has 4 heteroatoms. The zero-order valence-corrected chi connectivity index (χ0v) is 10.7. The average Bonchev–Trinajstić information content (AvgIpc) is 2.40. The van der Waals surface area contributed by atoms with Gasteiger partial charge in [0, 0.05) is 17.6 Å². The zero-order valence-electron chi connectivity index (χ0n) is 9.93. The molecule has 1 amide bonds. The Balaban J connectivity index is 2.06. The van der Waals surface area contributed by atoms with Crippen LogP contribution in [0.25, 0.3) is 0 Å². The van der Waals surface area contributed by atoms with Crippen molar-refractivity contribution in [1.29, 1.82) is 0 Å². The fourth-order valence-corrected chi connectivity index (χ4v) is 1.66. The normalized spacial score (nSPS) is 9.89. The van der Waals surface area contributed by atoms with E-state index in [1.54, 1.807) is 36.3 Å². The number of para-hydroxylation sites is 1. The van der Waals surface area contributed by atoms with Crippen molar-refractivity contribution in [2.45, 2.75) is 0 Å². The molecule has 0 bridgehead atoms. The maximum atomic E-state index is 11.9. The van der Waals surface area contributed by atoms with Gasteiger partial charge in [0.1, 0.15) is 0 Å². The second kappa shape index (κ2) is 5.56. The van der Waals surface area contributed by atoms with Gasteiger partial charge in [0.2, 0.25) is 0 Å². The Bertz CT molecular complexity index is 525. The first-order chi connectivity index (χ1) is 8.66. The fraction of sp³-hybridized carbons (Fsp3) is 0.0714. The molecule has 2 rings (SSSR count). The average molecular weight is 261 g/mol. The Labute approximate surface area is 111 Å². The van der Waals surface area contributed by atoms with Crippen LogP contribution in [-0.4, -0.2) is 13.0 Å². The number of rotatable bonds is 3. The van der Waals surface area contributed by atoms with E-state index in [4.69, 9.17) is 11.6 Å². The van der Waals surface area contributed by atoms with Gasteiger partial charge >= 0.3 is 0 Å². The number of carbonyl (C=O) groups excluding carboxylic acids is 1. The van der Waals surface area contributed by atoms with E-state index in [2.05, 4.69) is 5.43 Å². The monoisotopic (exact) mass is 260 g/mol. The number of amides is 1. The third kappa shape index (κ3) is 3.02. The van der Waals surface area contributed by atoms with Crippen LogP contribution in [0.15, 0.2) is 54.6 Å². The summed E-state index contributed by atoms with van der Waals surface area (Å²) in [6.07, 6.45) is 0. The van der Waals surface area contributed by atoms with Crippen LogP contribution in [0, 0.1) is 0 Å². The summed E-state index contributed by atoms with van der Waals surface area (Å²) >= 11 is 5.78. The maximum Gasteiger partial charge on any atom is 0.269 e. The molecule has 0 unspecified atom stereocenters. The number of benzene rings is 2. The Morgan fingerprint density at radius 1 is 1.06 bits per heavy atom. The lowest BCUT2D eigenvalue weighted by molar-refractivity contribution is 0.0951. The maximum absolute atomic E-state index is 11.9. The molecule has 0 aromatic heterocycles. The summed E-state index contributed by atoms with van der Waals surface area (Å²) in [5.74, 6) is -0.169. The van der Waals surface area contributed by atoms with Gasteiger partial charge in [-0.05, 0) is 36.4 Å². The van der Waals surface area contributed by atoms with E-state index in [0.29, 0.717) is 10.6 Å². The summed E-state index contributed by atoms with van der Waals surface area (Å²) in [5.41, 5.74) is 4.27. The highest BCUT2D eigenvalue weighted by molar-refractivity contribution is 6.30. The molecule has 0 saturated carbocycles. The number of carbonyl (C=O) groups is 1. The van der Waals surface area contributed by atoms with E-state index in [9.17, 15) is 4.79 Å². The summed E-state index contributed by atoms with van der Waals surface area (Å²) in [4.78, 5) is 11.9. The topological polar surface area (TPSA) is 32.3 Å². The Kier molecular flexibility index (Phi) is 3.85. The summed E-state index contributed by atoms with van der Waals surface area (Å²) < 4.78 is 0. The summed E-state index contributed by atoms with van der Waals surface area (Å²) in [5, 5.41) is 2.29. The predicted octanol–water partition coefficient (Wildman–Crippen LogP) is 3.12. The van der Waals surface area contributed by atoms with Gasteiger partial charge in [-0.3, -0.25) is 15.2 Å². The Morgan fingerprint density at radius 3 is 2.28 bits per heavy atom. The second-order valence-electron chi connectivity index (χ2n) is 3.84. The van der Waals surface area contributed by atoms with Crippen molar-refractivity contribution in [3.63, 3.8) is 0 Å². The molecule has 0 fully saturated rings. The van der Waals surface area contributed by atoms with E-state index in [1.165, 1.54) is 0 Å². The molecule has 2 aromatic rings. The minimum atomic E-state index is -0.169. The molecule has 0 atom stereocenters. The summed E-state index contributed by atoms with van der Waals surface area (Å²) in [6.45, 7) is 0. The lowest BCUT2D eigenvalue weighted by Gasteiger charge is -2.20. The van der Waals surface area contributed by atoms with E-state index in [-0.39, 0.29) is 5.91 Å². The van der Waals surface area contributed by atoms with Crippen LogP contribution in [0.2, 0.25) is 5.02 Å². The molecular weight excluding hydrogens is 248 g/mol. The number of hydrazine groups is 1. The van der Waals surface area contributed by atoms with Crippen LogP contribution in [0.5, 0.6) is 0 Å². The number of nitrogens with one attached hydrogen (secondary N) is 1. The highest BCUT2D eigenvalue weighted by Gasteiger charge is 2.08. The number of hydrogen-bond donors (Lipinski definition) is 1. The van der Waals surface area contributed by atoms with E-state index < -0.39 is 0 Å². The molecule has 0 heterocycles. The van der Waals surface area contributed by atoms with Gasteiger partial charge in [-0.2, -0.15) is 0 Å². The molecule has 0 aliphatic heterocycles. The highest BCUT2D eigenvalue weighted by atomic mass is 35.5. The smallest absolute Gasteiger partial charge is 0.269 e. The van der Waals surface area contributed by atoms with Crippen LogP contribution in [0.4, 0.5) is 5.69 Å². The minimum Gasteiger partial charge on any atom is -0.288 e. The van der Waals surface area contributed by atoms with Crippen LogP contribution >= 0.6 is 11.6 Å². The quantitative estimate of drug-likeness (QED) is 0.860. The first-order valence-corrected chi connectivity index (χ1v) is 5.90. The molecule has 0 spiro atoms. The van der Waals surface area contributed by atoms with E-state index >= 15 is 0 Å².